The molecule has 6 heteroatoms. The van der Waals surface area contributed by atoms with E-state index in [1.165, 1.54) is 0 Å². The topological polar surface area (TPSA) is 69.1 Å². The number of carbonyl (C=O) groups excluding carboxylic acids is 1. The first-order valence-corrected chi connectivity index (χ1v) is 6.71. The van der Waals surface area contributed by atoms with Crippen molar-refractivity contribution in [3.8, 4) is 0 Å². The quantitative estimate of drug-likeness (QED) is 0.814. The van der Waals surface area contributed by atoms with Crippen LogP contribution in [0.5, 0.6) is 0 Å². The lowest BCUT2D eigenvalue weighted by Crippen LogP contribution is -2.30. The van der Waals surface area contributed by atoms with Gasteiger partial charge in [-0.15, -0.1) is 0 Å². The number of alkyl halides is 3. The van der Waals surface area contributed by atoms with Crippen molar-refractivity contribution in [2.75, 3.05) is 11.5 Å². The van der Waals surface area contributed by atoms with Gasteiger partial charge >= 0.3 is 6.18 Å². The summed E-state index contributed by atoms with van der Waals surface area (Å²) in [6, 6.07) is 3.31. The monoisotopic (exact) mass is 302 g/mol. The van der Waals surface area contributed by atoms with Crippen molar-refractivity contribution in [3.63, 3.8) is 0 Å². The number of carbonyl (C=O) groups is 1. The highest BCUT2D eigenvalue weighted by Gasteiger charge is 2.33. The molecule has 0 atom stereocenters. The zero-order valence-corrected chi connectivity index (χ0v) is 12.5. The first-order valence-electron chi connectivity index (χ1n) is 6.71. The van der Waals surface area contributed by atoms with Crippen LogP contribution >= 0.6 is 0 Å². The van der Waals surface area contributed by atoms with Gasteiger partial charge in [-0.05, 0) is 50.5 Å². The van der Waals surface area contributed by atoms with Gasteiger partial charge in [-0.2, -0.15) is 13.2 Å². The van der Waals surface area contributed by atoms with Gasteiger partial charge in [-0.25, -0.2) is 0 Å². The standard InChI is InChI=1S/C15H21F3N2O/c1-9-7-11(19)12(20)8-10(9)14(2,3)13(21)5-4-6-15(16,17)18/h7-8H,4-6,19-20H2,1-3H3. The molecule has 21 heavy (non-hydrogen) atoms. The van der Waals surface area contributed by atoms with E-state index in [-0.39, 0.29) is 18.6 Å². The maximum absolute atomic E-state index is 12.3. The number of hydrogen-bond donors (Lipinski definition) is 2. The first-order chi connectivity index (χ1) is 9.45. The Balaban J connectivity index is 2.90. The van der Waals surface area contributed by atoms with Gasteiger partial charge in [-0.3, -0.25) is 4.79 Å². The molecule has 3 nitrogen and oxygen atoms in total. The molecule has 0 amide bonds. The highest BCUT2D eigenvalue weighted by molar-refractivity contribution is 5.90. The molecule has 0 bridgehead atoms. The van der Waals surface area contributed by atoms with Crippen molar-refractivity contribution in [1.82, 2.24) is 0 Å². The fraction of sp³-hybridized carbons (Fsp3) is 0.533. The Kier molecular flexibility index (Phi) is 4.91. The molecule has 0 heterocycles. The van der Waals surface area contributed by atoms with E-state index in [1.807, 2.05) is 0 Å². The van der Waals surface area contributed by atoms with Gasteiger partial charge in [-0.1, -0.05) is 0 Å². The second-order valence-corrected chi connectivity index (χ2v) is 5.81. The summed E-state index contributed by atoms with van der Waals surface area (Å²) in [7, 11) is 0. The summed E-state index contributed by atoms with van der Waals surface area (Å²) >= 11 is 0. The van der Waals surface area contributed by atoms with E-state index in [1.54, 1.807) is 32.9 Å². The highest BCUT2D eigenvalue weighted by Crippen LogP contribution is 2.33. The molecule has 0 spiro atoms. The molecule has 1 aromatic carbocycles. The zero-order chi connectivity index (χ0) is 16.4. The van der Waals surface area contributed by atoms with Crippen molar-refractivity contribution in [2.24, 2.45) is 0 Å². The Morgan fingerprint density at radius 2 is 1.67 bits per heavy atom. The van der Waals surface area contributed by atoms with Crippen LogP contribution in [0.2, 0.25) is 0 Å². The van der Waals surface area contributed by atoms with Gasteiger partial charge in [0, 0.05) is 18.3 Å². The third-order valence-corrected chi connectivity index (χ3v) is 3.66. The first kappa shape index (κ1) is 17.3. The summed E-state index contributed by atoms with van der Waals surface area (Å²) in [5.41, 5.74) is 12.9. The smallest absolute Gasteiger partial charge is 0.389 e. The van der Waals surface area contributed by atoms with Crippen LogP contribution in [0.15, 0.2) is 12.1 Å². The molecule has 0 aliphatic heterocycles. The van der Waals surface area contributed by atoms with Crippen molar-refractivity contribution in [3.05, 3.63) is 23.3 Å². The van der Waals surface area contributed by atoms with Crippen LogP contribution in [0.4, 0.5) is 24.5 Å². The average Bonchev–Trinajstić information content (AvgIpc) is 2.31. The minimum absolute atomic E-state index is 0.115. The van der Waals surface area contributed by atoms with Crippen LogP contribution < -0.4 is 11.5 Å². The summed E-state index contributed by atoms with van der Waals surface area (Å²) < 4.78 is 36.4. The predicted octanol–water partition coefficient (Wildman–Crippen LogP) is 3.74. The molecule has 0 radical (unpaired) electrons. The molecule has 0 unspecified atom stereocenters. The number of nitrogen functional groups attached to an aromatic ring is 2. The van der Waals surface area contributed by atoms with E-state index in [4.69, 9.17) is 11.5 Å². The lowest BCUT2D eigenvalue weighted by atomic mass is 9.76. The summed E-state index contributed by atoms with van der Waals surface area (Å²) in [4.78, 5) is 12.3. The fourth-order valence-electron chi connectivity index (χ4n) is 2.33. The lowest BCUT2D eigenvalue weighted by Gasteiger charge is -2.26. The van der Waals surface area contributed by atoms with Crippen molar-refractivity contribution >= 4 is 17.2 Å². The van der Waals surface area contributed by atoms with E-state index >= 15 is 0 Å². The number of Topliss-reactive ketones (excluding diaryl/α,β-unsaturated/α-hetero) is 1. The van der Waals surface area contributed by atoms with Gasteiger partial charge in [0.15, 0.2) is 0 Å². The van der Waals surface area contributed by atoms with Crippen LogP contribution in [0.3, 0.4) is 0 Å². The molecular formula is C15H21F3N2O. The Bertz CT molecular complexity index is 536. The minimum Gasteiger partial charge on any atom is -0.397 e. The molecule has 1 aromatic rings. The Morgan fingerprint density at radius 1 is 1.14 bits per heavy atom. The van der Waals surface area contributed by atoms with Gasteiger partial charge in [0.2, 0.25) is 0 Å². The van der Waals surface area contributed by atoms with Crippen molar-refractivity contribution in [2.45, 2.75) is 51.6 Å². The van der Waals surface area contributed by atoms with E-state index in [2.05, 4.69) is 0 Å². The van der Waals surface area contributed by atoms with Crippen LogP contribution in [0.25, 0.3) is 0 Å². The maximum Gasteiger partial charge on any atom is 0.389 e. The summed E-state index contributed by atoms with van der Waals surface area (Å²) in [5, 5.41) is 0. The molecule has 1 rings (SSSR count). The number of anilines is 2. The largest absolute Gasteiger partial charge is 0.397 e. The van der Waals surface area contributed by atoms with E-state index in [9.17, 15) is 18.0 Å². The molecule has 118 valence electrons. The number of ketones is 1. The predicted molar refractivity (Wildman–Crippen MR) is 77.9 cm³/mol. The highest BCUT2D eigenvalue weighted by atomic mass is 19.4. The van der Waals surface area contributed by atoms with E-state index < -0.39 is 18.0 Å². The molecule has 4 N–H and O–H groups in total. The SMILES string of the molecule is Cc1cc(N)c(N)cc1C(C)(C)C(=O)CCCC(F)(F)F. The van der Waals surface area contributed by atoms with E-state index in [0.717, 1.165) is 5.56 Å². The number of benzene rings is 1. The molecule has 0 saturated carbocycles. The van der Waals surface area contributed by atoms with Crippen LogP contribution in [-0.4, -0.2) is 12.0 Å². The summed E-state index contributed by atoms with van der Waals surface area (Å²) in [5.74, 6) is -0.237. The number of hydrogen-bond acceptors (Lipinski definition) is 3. The summed E-state index contributed by atoms with van der Waals surface area (Å²) in [6.07, 6.45) is -5.49. The van der Waals surface area contributed by atoms with Crippen molar-refractivity contribution < 1.29 is 18.0 Å². The molecule has 0 aliphatic carbocycles. The number of aryl methyl sites for hydroxylation is 1. The lowest BCUT2D eigenvalue weighted by molar-refractivity contribution is -0.137. The van der Waals surface area contributed by atoms with Gasteiger partial charge < -0.3 is 11.5 Å². The van der Waals surface area contributed by atoms with Crippen molar-refractivity contribution in [1.29, 1.82) is 0 Å². The Hall–Kier alpha value is -1.72. The summed E-state index contributed by atoms with van der Waals surface area (Å²) in [6.45, 7) is 5.19. The molecular weight excluding hydrogens is 281 g/mol. The van der Waals surface area contributed by atoms with Gasteiger partial charge in [0.05, 0.1) is 11.4 Å². The third kappa shape index (κ3) is 4.37. The Morgan fingerprint density at radius 3 is 2.19 bits per heavy atom. The normalized spacial score (nSPS) is 12.5. The number of rotatable bonds is 5. The zero-order valence-electron chi connectivity index (χ0n) is 12.5. The van der Waals surface area contributed by atoms with Gasteiger partial charge in [0.1, 0.15) is 5.78 Å². The second-order valence-electron chi connectivity index (χ2n) is 5.81. The molecule has 0 aromatic heterocycles. The van der Waals surface area contributed by atoms with Crippen LogP contribution in [-0.2, 0) is 10.2 Å². The third-order valence-electron chi connectivity index (χ3n) is 3.66. The van der Waals surface area contributed by atoms with E-state index in [0.29, 0.717) is 16.9 Å². The van der Waals surface area contributed by atoms with Crippen LogP contribution in [0.1, 0.15) is 44.2 Å². The van der Waals surface area contributed by atoms with Gasteiger partial charge in [0.25, 0.3) is 0 Å². The molecule has 0 aliphatic rings. The second kappa shape index (κ2) is 5.95. The fourth-order valence-corrected chi connectivity index (χ4v) is 2.33. The maximum atomic E-state index is 12.3. The number of nitrogens with two attached hydrogens (primary N) is 2. The molecule has 0 saturated heterocycles. The van der Waals surface area contributed by atoms with Crippen LogP contribution in [0, 0.1) is 6.92 Å². The average molecular weight is 302 g/mol. The molecule has 0 fully saturated rings. The minimum atomic E-state index is -4.23. The number of halogens is 3. The Labute approximate surface area is 122 Å².